The van der Waals surface area contributed by atoms with Gasteiger partial charge in [0.25, 0.3) is 0 Å². The van der Waals surface area contributed by atoms with Gasteiger partial charge in [0.05, 0.1) is 0 Å². The average molecular weight is 113 g/mol. The first-order valence-electron chi connectivity index (χ1n) is 2.21. The van der Waals surface area contributed by atoms with E-state index in [4.69, 9.17) is 0 Å². The molecule has 0 saturated carbocycles. The number of nitrogens with one attached hydrogen (secondary N) is 1. The molecule has 0 aromatic heterocycles. The fourth-order valence-corrected chi connectivity index (χ4v) is 0.440. The molecule has 0 fully saturated rings. The van der Waals surface area contributed by atoms with Crippen LogP contribution in [-0.2, 0) is 0 Å². The van der Waals surface area contributed by atoms with Crippen molar-refractivity contribution in [2.24, 2.45) is 0 Å². The minimum atomic E-state index is -0.590. The maximum atomic E-state index is 10.2. The molecule has 0 atom stereocenters. The first-order valence-corrected chi connectivity index (χ1v) is 2.21. The Morgan fingerprint density at radius 1 is 1.88 bits per heavy atom. The van der Waals surface area contributed by atoms with Gasteiger partial charge in [-0.1, -0.05) is 0 Å². The van der Waals surface area contributed by atoms with E-state index in [0.717, 1.165) is 0 Å². The van der Waals surface area contributed by atoms with Crippen LogP contribution < -0.4 is 5.32 Å². The SMILES string of the molecule is O=C1NCC=CN1[O-]. The molecule has 0 saturated heterocycles. The third kappa shape index (κ3) is 0.788. The fraction of sp³-hybridized carbons (Fsp3) is 0.250. The van der Waals surface area contributed by atoms with Crippen molar-refractivity contribution in [2.75, 3.05) is 6.54 Å². The van der Waals surface area contributed by atoms with Gasteiger partial charge >= 0.3 is 6.03 Å². The molecule has 4 heteroatoms. The van der Waals surface area contributed by atoms with E-state index in [0.29, 0.717) is 6.54 Å². The topological polar surface area (TPSA) is 55.4 Å². The van der Waals surface area contributed by atoms with Crippen LogP contribution in [0.5, 0.6) is 0 Å². The first-order chi connectivity index (χ1) is 3.80. The Hall–Kier alpha value is -1.03. The smallest absolute Gasteiger partial charge is 0.310 e. The molecule has 2 amide bonds. The Morgan fingerprint density at radius 3 is 3.00 bits per heavy atom. The lowest BCUT2D eigenvalue weighted by Crippen LogP contribution is -2.36. The monoisotopic (exact) mass is 113 g/mol. The number of amides is 2. The molecule has 0 aliphatic carbocycles. The van der Waals surface area contributed by atoms with Crippen LogP contribution >= 0.6 is 0 Å². The van der Waals surface area contributed by atoms with Crippen molar-refractivity contribution in [2.45, 2.75) is 0 Å². The third-order valence-corrected chi connectivity index (χ3v) is 0.812. The number of carbonyl (C=O) groups is 1. The minimum Gasteiger partial charge on any atom is -0.751 e. The normalized spacial score (nSPS) is 18.6. The standard InChI is InChI=1S/C4H5N2O2/c7-4-5-2-1-3-6(4)8/h1,3H,2H2,(H,5,7)/q-1. The molecule has 0 bridgehead atoms. The molecule has 0 radical (unpaired) electrons. The molecular formula is C4H5N2O2-. The van der Waals surface area contributed by atoms with Crippen LogP contribution in [0.25, 0.3) is 0 Å². The highest BCUT2D eigenvalue weighted by atomic mass is 16.5. The second kappa shape index (κ2) is 1.83. The minimum absolute atomic E-state index is 0.253. The Labute approximate surface area is 46.4 Å². The lowest BCUT2D eigenvalue weighted by molar-refractivity contribution is 0.225. The van der Waals surface area contributed by atoms with Gasteiger partial charge in [-0.25, -0.2) is 4.79 Å². The summed E-state index contributed by atoms with van der Waals surface area (Å²) in [6.07, 6.45) is 2.77. The maximum Gasteiger partial charge on any atom is 0.310 e. The summed E-state index contributed by atoms with van der Waals surface area (Å²) < 4.78 is 0. The van der Waals surface area contributed by atoms with Gasteiger partial charge in [-0.05, 0) is 12.3 Å². The Balaban J connectivity index is 2.60. The van der Waals surface area contributed by atoms with Crippen LogP contribution in [0.2, 0.25) is 0 Å². The highest BCUT2D eigenvalue weighted by Gasteiger charge is 2.00. The van der Waals surface area contributed by atoms with Crippen molar-refractivity contribution in [1.82, 2.24) is 10.4 Å². The zero-order chi connectivity index (χ0) is 5.98. The lowest BCUT2D eigenvalue weighted by atomic mass is 10.5. The van der Waals surface area contributed by atoms with Gasteiger partial charge in [0.2, 0.25) is 0 Å². The summed E-state index contributed by atoms with van der Waals surface area (Å²) in [4.78, 5) is 10.2. The van der Waals surface area contributed by atoms with E-state index in [1.807, 2.05) is 0 Å². The van der Waals surface area contributed by atoms with Crippen LogP contribution in [0.4, 0.5) is 4.79 Å². The number of urea groups is 1. The first kappa shape index (κ1) is 5.11. The molecule has 1 rings (SSSR count). The molecule has 1 heterocycles. The summed E-state index contributed by atoms with van der Waals surface area (Å²) in [5, 5.41) is 12.8. The number of nitrogens with zero attached hydrogens (tertiary/aromatic N) is 1. The summed E-state index contributed by atoms with van der Waals surface area (Å²) >= 11 is 0. The highest BCUT2D eigenvalue weighted by Crippen LogP contribution is 1.91. The number of rotatable bonds is 0. The van der Waals surface area contributed by atoms with Gasteiger partial charge in [-0.15, -0.1) is 0 Å². The summed E-state index contributed by atoms with van der Waals surface area (Å²) in [6, 6.07) is -0.590. The Morgan fingerprint density at radius 2 is 2.62 bits per heavy atom. The zero-order valence-electron chi connectivity index (χ0n) is 4.13. The predicted octanol–water partition coefficient (Wildman–Crippen LogP) is 0.0231. The van der Waals surface area contributed by atoms with Crippen molar-refractivity contribution in [3.8, 4) is 0 Å². The van der Waals surface area contributed by atoms with E-state index in [1.165, 1.54) is 6.20 Å². The molecule has 1 N–H and O–H groups in total. The summed E-state index contributed by atoms with van der Waals surface area (Å²) in [6.45, 7) is 0.456. The number of hydrogen-bond acceptors (Lipinski definition) is 2. The summed E-state index contributed by atoms with van der Waals surface area (Å²) in [5.74, 6) is 0. The number of hydroxylamine groups is 2. The van der Waals surface area contributed by atoms with Crippen molar-refractivity contribution in [3.05, 3.63) is 17.5 Å². The molecule has 44 valence electrons. The molecule has 0 aromatic rings. The van der Waals surface area contributed by atoms with Crippen molar-refractivity contribution >= 4 is 6.03 Å². The van der Waals surface area contributed by atoms with Crippen LogP contribution in [0.3, 0.4) is 0 Å². The van der Waals surface area contributed by atoms with Crippen LogP contribution in [0, 0.1) is 5.21 Å². The fourth-order valence-electron chi connectivity index (χ4n) is 0.440. The van der Waals surface area contributed by atoms with Crippen LogP contribution in [0.1, 0.15) is 0 Å². The molecule has 0 unspecified atom stereocenters. The quantitative estimate of drug-likeness (QED) is 0.481. The largest absolute Gasteiger partial charge is 0.751 e. The number of carbonyl (C=O) groups excluding carboxylic acids is 1. The molecule has 8 heavy (non-hydrogen) atoms. The molecule has 1 aliphatic heterocycles. The Bertz CT molecular complexity index is 132. The van der Waals surface area contributed by atoms with Crippen molar-refractivity contribution in [1.29, 1.82) is 0 Å². The zero-order valence-corrected chi connectivity index (χ0v) is 4.13. The van der Waals surface area contributed by atoms with Gasteiger partial charge in [0.15, 0.2) is 0 Å². The molecule has 1 aliphatic rings. The molecular weight excluding hydrogens is 108 g/mol. The van der Waals surface area contributed by atoms with Gasteiger partial charge in [0, 0.05) is 6.54 Å². The maximum absolute atomic E-state index is 10.2. The Kier molecular flexibility index (Phi) is 1.17. The van der Waals surface area contributed by atoms with Crippen molar-refractivity contribution in [3.63, 3.8) is 0 Å². The second-order valence-electron chi connectivity index (χ2n) is 1.40. The van der Waals surface area contributed by atoms with Crippen LogP contribution in [0.15, 0.2) is 12.3 Å². The van der Waals surface area contributed by atoms with E-state index < -0.39 is 6.03 Å². The summed E-state index contributed by atoms with van der Waals surface area (Å²) in [5.41, 5.74) is 0. The predicted molar refractivity (Wildman–Crippen MR) is 27.7 cm³/mol. The molecule has 4 nitrogen and oxygen atoms in total. The summed E-state index contributed by atoms with van der Waals surface area (Å²) in [7, 11) is 0. The molecule has 0 aromatic carbocycles. The van der Waals surface area contributed by atoms with Gasteiger partial charge in [-0.3, -0.25) is 0 Å². The molecule has 0 spiro atoms. The van der Waals surface area contributed by atoms with E-state index in [9.17, 15) is 10.0 Å². The second-order valence-corrected chi connectivity index (χ2v) is 1.40. The van der Waals surface area contributed by atoms with Gasteiger partial charge in [-0.2, -0.15) is 0 Å². The highest BCUT2D eigenvalue weighted by molar-refractivity contribution is 5.76. The van der Waals surface area contributed by atoms with Gasteiger partial charge < -0.3 is 15.6 Å². The number of hydrogen-bond donors (Lipinski definition) is 1. The van der Waals surface area contributed by atoms with E-state index in [2.05, 4.69) is 5.32 Å². The van der Waals surface area contributed by atoms with E-state index in [-0.39, 0.29) is 5.06 Å². The third-order valence-electron chi connectivity index (χ3n) is 0.812. The van der Waals surface area contributed by atoms with E-state index in [1.54, 1.807) is 6.08 Å². The van der Waals surface area contributed by atoms with Crippen molar-refractivity contribution < 1.29 is 4.79 Å². The van der Waals surface area contributed by atoms with Crippen LogP contribution in [-0.4, -0.2) is 17.6 Å². The lowest BCUT2D eigenvalue weighted by Gasteiger charge is -2.26. The van der Waals surface area contributed by atoms with Gasteiger partial charge in [0.1, 0.15) is 0 Å². The van der Waals surface area contributed by atoms with E-state index >= 15 is 0 Å². The average Bonchev–Trinajstić information content (AvgIpc) is 1.77.